The first-order chi connectivity index (χ1) is 8.51. The summed E-state index contributed by atoms with van der Waals surface area (Å²) in [7, 11) is 2.41. The maximum Gasteiger partial charge on any atom is 0.337 e. The van der Waals surface area contributed by atoms with Gasteiger partial charge in [-0.05, 0) is 17.7 Å². The highest BCUT2D eigenvalue weighted by Gasteiger charge is 2.21. The van der Waals surface area contributed by atoms with E-state index in [0.717, 1.165) is 7.11 Å². The van der Waals surface area contributed by atoms with Crippen molar-refractivity contribution in [2.45, 2.75) is 6.17 Å². The lowest BCUT2D eigenvalue weighted by atomic mass is 10.0. The summed E-state index contributed by atoms with van der Waals surface area (Å²) in [6.45, 7) is 3.33. The van der Waals surface area contributed by atoms with Crippen molar-refractivity contribution in [2.75, 3.05) is 14.2 Å². The monoisotopic (exact) mass is 252 g/mol. The third-order valence-corrected chi connectivity index (χ3v) is 2.38. The van der Waals surface area contributed by atoms with E-state index < -0.39 is 18.1 Å². The zero-order valence-electron chi connectivity index (χ0n) is 10.1. The van der Waals surface area contributed by atoms with Crippen LogP contribution in [0.1, 0.15) is 22.1 Å². The van der Waals surface area contributed by atoms with Crippen LogP contribution in [0, 0.1) is 0 Å². The fraction of sp³-hybridized carbons (Fsp3) is 0.231. The number of esters is 2. The number of carbonyl (C=O) groups excluding carboxylic acids is 2. The molecule has 0 amide bonds. The van der Waals surface area contributed by atoms with E-state index in [1.807, 2.05) is 0 Å². The Hall–Kier alpha value is -2.17. The van der Waals surface area contributed by atoms with E-state index in [1.54, 1.807) is 0 Å². The summed E-state index contributed by atoms with van der Waals surface area (Å²) in [5, 5.41) is 0. The van der Waals surface area contributed by atoms with Crippen molar-refractivity contribution in [1.29, 1.82) is 0 Å². The highest BCUT2D eigenvalue weighted by Crippen LogP contribution is 2.25. The predicted molar refractivity (Wildman–Crippen MR) is 62.8 cm³/mol. The van der Waals surface area contributed by atoms with Crippen molar-refractivity contribution in [2.24, 2.45) is 0 Å². The molecule has 18 heavy (non-hydrogen) atoms. The van der Waals surface area contributed by atoms with E-state index in [2.05, 4.69) is 16.1 Å². The molecule has 0 saturated heterocycles. The van der Waals surface area contributed by atoms with Gasteiger partial charge in [0.25, 0.3) is 0 Å². The van der Waals surface area contributed by atoms with E-state index in [1.165, 1.54) is 31.4 Å². The van der Waals surface area contributed by atoms with Crippen molar-refractivity contribution in [1.82, 2.24) is 0 Å². The molecule has 0 spiro atoms. The maximum absolute atomic E-state index is 13.9. The number of rotatable bonds is 4. The van der Waals surface area contributed by atoms with Crippen LogP contribution in [0.15, 0.2) is 36.4 Å². The summed E-state index contributed by atoms with van der Waals surface area (Å²) in [4.78, 5) is 22.3. The first kappa shape index (κ1) is 13.9. The average Bonchev–Trinajstić information content (AvgIpc) is 2.44. The van der Waals surface area contributed by atoms with Crippen molar-refractivity contribution in [3.63, 3.8) is 0 Å². The molecule has 1 aromatic carbocycles. The highest BCUT2D eigenvalue weighted by molar-refractivity contribution is 5.90. The molecule has 0 aromatic heterocycles. The van der Waals surface area contributed by atoms with Crippen LogP contribution in [0.5, 0.6) is 0 Å². The standard InChI is InChI=1S/C13H13FO4/c1-8(12(15)17-2)11(14)9-4-6-10(7-5-9)13(16)18-3/h4-7,11H,1H2,2-3H3. The number of ether oxygens (including phenoxy) is 2. The molecule has 0 aliphatic rings. The number of methoxy groups -OCH3 is 2. The van der Waals surface area contributed by atoms with Gasteiger partial charge in [0.1, 0.15) is 0 Å². The SMILES string of the molecule is C=C(C(=O)OC)C(F)c1ccc(C(=O)OC)cc1. The molecule has 1 aromatic rings. The van der Waals surface area contributed by atoms with Crippen LogP contribution in [0.25, 0.3) is 0 Å². The summed E-state index contributed by atoms with van der Waals surface area (Å²) < 4.78 is 22.8. The summed E-state index contributed by atoms with van der Waals surface area (Å²) in [5.41, 5.74) is 0.235. The van der Waals surface area contributed by atoms with Crippen LogP contribution in [0.4, 0.5) is 4.39 Å². The maximum atomic E-state index is 13.9. The molecule has 0 heterocycles. The van der Waals surface area contributed by atoms with E-state index in [-0.39, 0.29) is 11.1 Å². The second kappa shape index (κ2) is 5.95. The lowest BCUT2D eigenvalue weighted by Gasteiger charge is -2.10. The minimum Gasteiger partial charge on any atom is -0.466 e. The van der Waals surface area contributed by atoms with Gasteiger partial charge in [0.15, 0.2) is 6.17 Å². The van der Waals surface area contributed by atoms with Crippen molar-refractivity contribution < 1.29 is 23.5 Å². The number of alkyl halides is 1. The molecule has 0 radical (unpaired) electrons. The van der Waals surface area contributed by atoms with Crippen LogP contribution in [0.3, 0.4) is 0 Å². The van der Waals surface area contributed by atoms with Crippen molar-refractivity contribution in [3.8, 4) is 0 Å². The van der Waals surface area contributed by atoms with Gasteiger partial charge in [-0.2, -0.15) is 0 Å². The molecule has 0 bridgehead atoms. The Balaban J connectivity index is 2.88. The third-order valence-electron chi connectivity index (χ3n) is 2.38. The molecule has 5 heteroatoms. The van der Waals surface area contributed by atoms with Gasteiger partial charge in [-0.3, -0.25) is 0 Å². The minimum absolute atomic E-state index is 0.220. The van der Waals surface area contributed by atoms with Crippen molar-refractivity contribution in [3.05, 3.63) is 47.5 Å². The third kappa shape index (κ3) is 2.94. The normalized spacial score (nSPS) is 11.5. The number of hydrogen-bond acceptors (Lipinski definition) is 4. The van der Waals surface area contributed by atoms with Crippen LogP contribution < -0.4 is 0 Å². The predicted octanol–water partition coefficient (Wildman–Crippen LogP) is 2.21. The Bertz CT molecular complexity index is 464. The lowest BCUT2D eigenvalue weighted by molar-refractivity contribution is -0.136. The first-order valence-corrected chi connectivity index (χ1v) is 5.10. The Kier molecular flexibility index (Phi) is 4.59. The number of carbonyl (C=O) groups is 2. The fourth-order valence-corrected chi connectivity index (χ4v) is 1.34. The van der Waals surface area contributed by atoms with Crippen molar-refractivity contribution >= 4 is 11.9 Å². The minimum atomic E-state index is -1.66. The van der Waals surface area contributed by atoms with Gasteiger partial charge in [0, 0.05) is 0 Å². The van der Waals surface area contributed by atoms with Gasteiger partial charge in [0.2, 0.25) is 0 Å². The highest BCUT2D eigenvalue weighted by atomic mass is 19.1. The van der Waals surface area contributed by atoms with E-state index >= 15 is 0 Å². The zero-order valence-corrected chi connectivity index (χ0v) is 10.1. The van der Waals surface area contributed by atoms with Gasteiger partial charge in [-0.15, -0.1) is 0 Å². The van der Waals surface area contributed by atoms with Crippen LogP contribution in [-0.2, 0) is 14.3 Å². The van der Waals surface area contributed by atoms with Crippen LogP contribution in [0.2, 0.25) is 0 Å². The second-order valence-corrected chi connectivity index (χ2v) is 3.49. The van der Waals surface area contributed by atoms with Gasteiger partial charge in [-0.25, -0.2) is 14.0 Å². The molecular formula is C13H13FO4. The Morgan fingerprint density at radius 2 is 1.72 bits per heavy atom. The summed E-state index contributed by atoms with van der Waals surface area (Å²) in [5.74, 6) is -1.32. The van der Waals surface area contributed by atoms with Crippen LogP contribution in [-0.4, -0.2) is 26.2 Å². The summed E-state index contributed by atoms with van der Waals surface area (Å²) in [6, 6.07) is 5.62. The van der Waals surface area contributed by atoms with E-state index in [4.69, 9.17) is 0 Å². The molecule has 96 valence electrons. The Labute approximate surface area is 104 Å². The largest absolute Gasteiger partial charge is 0.466 e. The molecule has 1 unspecified atom stereocenters. The molecule has 0 aliphatic carbocycles. The number of halogens is 1. The van der Waals surface area contributed by atoms with Gasteiger partial charge < -0.3 is 9.47 Å². The molecule has 1 rings (SSSR count). The molecule has 0 aliphatic heterocycles. The smallest absolute Gasteiger partial charge is 0.337 e. The number of hydrogen-bond donors (Lipinski definition) is 0. The van der Waals surface area contributed by atoms with Crippen LogP contribution >= 0.6 is 0 Å². The Morgan fingerprint density at radius 3 is 2.17 bits per heavy atom. The Morgan fingerprint density at radius 1 is 1.17 bits per heavy atom. The number of benzene rings is 1. The lowest BCUT2D eigenvalue weighted by Crippen LogP contribution is -2.09. The molecule has 4 nitrogen and oxygen atoms in total. The van der Waals surface area contributed by atoms with Gasteiger partial charge in [0.05, 0.1) is 25.4 Å². The van der Waals surface area contributed by atoms with E-state index in [9.17, 15) is 14.0 Å². The van der Waals surface area contributed by atoms with E-state index in [0.29, 0.717) is 5.56 Å². The molecule has 1 atom stereocenters. The van der Waals surface area contributed by atoms with Gasteiger partial charge >= 0.3 is 11.9 Å². The summed E-state index contributed by atoms with van der Waals surface area (Å²) in [6.07, 6.45) is -1.66. The zero-order chi connectivity index (χ0) is 13.7. The molecule has 0 saturated carbocycles. The topological polar surface area (TPSA) is 52.6 Å². The molecular weight excluding hydrogens is 239 g/mol. The second-order valence-electron chi connectivity index (χ2n) is 3.49. The average molecular weight is 252 g/mol. The quantitative estimate of drug-likeness (QED) is 0.609. The molecule has 0 fully saturated rings. The molecule has 0 N–H and O–H groups in total. The summed E-state index contributed by atoms with van der Waals surface area (Å²) >= 11 is 0. The first-order valence-electron chi connectivity index (χ1n) is 5.10. The fourth-order valence-electron chi connectivity index (χ4n) is 1.34. The van der Waals surface area contributed by atoms with Gasteiger partial charge in [-0.1, -0.05) is 18.7 Å².